The van der Waals surface area contributed by atoms with Gasteiger partial charge in [0.05, 0.1) is 24.1 Å². The van der Waals surface area contributed by atoms with Gasteiger partial charge in [0.2, 0.25) is 5.69 Å². The molecule has 1 aromatic heterocycles. The van der Waals surface area contributed by atoms with Gasteiger partial charge in [0, 0.05) is 10.9 Å². The van der Waals surface area contributed by atoms with Gasteiger partial charge in [0.25, 0.3) is 0 Å². The van der Waals surface area contributed by atoms with Crippen molar-refractivity contribution in [3.05, 3.63) is 96.6 Å². The lowest BCUT2D eigenvalue weighted by Crippen LogP contribution is -2.44. The Morgan fingerprint density at radius 1 is 0.867 bits per heavy atom. The van der Waals surface area contributed by atoms with Crippen LogP contribution in [0, 0.1) is 23.8 Å². The molecule has 0 spiro atoms. The fourth-order valence-electron chi connectivity index (χ4n) is 2.93. The van der Waals surface area contributed by atoms with Crippen molar-refractivity contribution < 1.29 is 14.6 Å². The molecule has 3 aromatic carbocycles. The molecule has 0 unspecified atom stereocenters. The predicted molar refractivity (Wildman–Crippen MR) is 114 cm³/mol. The van der Waals surface area contributed by atoms with Gasteiger partial charge >= 0.3 is 17.2 Å². The lowest BCUT2D eigenvalue weighted by molar-refractivity contribution is -0.735. The van der Waals surface area contributed by atoms with E-state index >= 15 is 0 Å². The fraction of sp³-hybridized carbons (Fsp3) is 0. The molecule has 10 nitrogen and oxygen atoms in total. The molecule has 4 rings (SSSR count). The third-order valence-corrected chi connectivity index (χ3v) is 5.16. The number of halogens is 1. The zero-order valence-electron chi connectivity index (χ0n) is 15.1. The van der Waals surface area contributed by atoms with Crippen LogP contribution in [-0.4, -0.2) is 24.8 Å². The zero-order valence-corrected chi connectivity index (χ0v) is 17.3. The van der Waals surface area contributed by atoms with Crippen LogP contribution in [0.5, 0.6) is 0 Å². The largest absolute Gasteiger partial charge is 0.377 e. The standard InChI is InChI=1S/C19H12IN6O4/c20-14-9-4-5-10-15(14)23-21-19(13-7-2-1-3-8-13)22-24(23)16-11-6-12-17(25(27)28)18(16)26(29)30/h1-12H/q+1. The van der Waals surface area contributed by atoms with Crippen molar-refractivity contribution in [1.82, 2.24) is 15.0 Å². The van der Waals surface area contributed by atoms with Crippen LogP contribution in [0.1, 0.15) is 0 Å². The van der Waals surface area contributed by atoms with Gasteiger partial charge in [0.15, 0.2) is 5.69 Å². The van der Waals surface area contributed by atoms with Crippen molar-refractivity contribution in [2.75, 3.05) is 0 Å². The summed E-state index contributed by atoms with van der Waals surface area (Å²) in [5.41, 5.74) is -0.0311. The third kappa shape index (κ3) is 3.50. The Bertz CT molecular complexity index is 1280. The molecule has 0 saturated heterocycles. The number of hydrogen-bond donors (Lipinski definition) is 0. The average molecular weight is 515 g/mol. The number of nitrogens with zero attached hydrogens (tertiary/aromatic N) is 6. The summed E-state index contributed by atoms with van der Waals surface area (Å²) in [6.45, 7) is 0. The Balaban J connectivity index is 2.04. The van der Waals surface area contributed by atoms with Gasteiger partial charge in [-0.05, 0) is 62.8 Å². The lowest BCUT2D eigenvalue weighted by atomic mass is 10.2. The predicted octanol–water partition coefficient (Wildman–Crippen LogP) is 3.63. The summed E-state index contributed by atoms with van der Waals surface area (Å²) >= 11 is 2.12. The first-order valence-corrected chi connectivity index (χ1v) is 9.67. The van der Waals surface area contributed by atoms with Crippen LogP contribution in [0.2, 0.25) is 0 Å². The molecular weight excluding hydrogens is 503 g/mol. The summed E-state index contributed by atoms with van der Waals surface area (Å²) in [6, 6.07) is 20.3. The SMILES string of the molecule is O=[N+]([O-])c1cccc(-n2nc(-c3ccccc3)n[n+]2-c2ccccc2I)c1[N+](=O)[O-]. The summed E-state index contributed by atoms with van der Waals surface area (Å²) in [7, 11) is 0. The maximum absolute atomic E-state index is 11.7. The highest BCUT2D eigenvalue weighted by Crippen LogP contribution is 2.32. The van der Waals surface area contributed by atoms with Gasteiger partial charge in [-0.3, -0.25) is 20.2 Å². The fourth-order valence-corrected chi connectivity index (χ4v) is 3.53. The van der Waals surface area contributed by atoms with Crippen molar-refractivity contribution in [2.24, 2.45) is 0 Å². The quantitative estimate of drug-likeness (QED) is 0.173. The summed E-state index contributed by atoms with van der Waals surface area (Å²) in [6.07, 6.45) is 0. The Morgan fingerprint density at radius 2 is 1.57 bits per heavy atom. The van der Waals surface area contributed by atoms with Gasteiger partial charge in [-0.25, -0.2) is 0 Å². The Labute approximate surface area is 182 Å². The van der Waals surface area contributed by atoms with Crippen LogP contribution in [0.25, 0.3) is 22.8 Å². The van der Waals surface area contributed by atoms with E-state index in [4.69, 9.17) is 0 Å². The van der Waals surface area contributed by atoms with E-state index in [-0.39, 0.29) is 5.69 Å². The Morgan fingerprint density at radius 3 is 2.23 bits per heavy atom. The first-order valence-electron chi connectivity index (χ1n) is 8.59. The van der Waals surface area contributed by atoms with Crippen LogP contribution in [0.15, 0.2) is 72.8 Å². The number of nitro benzene ring substituents is 2. The van der Waals surface area contributed by atoms with Gasteiger partial charge in [-0.2, -0.15) is 0 Å². The zero-order chi connectivity index (χ0) is 21.3. The molecule has 0 fully saturated rings. The van der Waals surface area contributed by atoms with Crippen LogP contribution < -0.4 is 4.80 Å². The minimum atomic E-state index is -0.784. The molecule has 11 heteroatoms. The van der Waals surface area contributed by atoms with Crippen molar-refractivity contribution >= 4 is 34.0 Å². The minimum Gasteiger partial charge on any atom is -0.258 e. The lowest BCUT2D eigenvalue weighted by Gasteiger charge is -2.03. The number of aromatic nitrogens is 4. The van der Waals surface area contributed by atoms with E-state index in [9.17, 15) is 20.2 Å². The van der Waals surface area contributed by atoms with Crippen molar-refractivity contribution in [3.63, 3.8) is 0 Å². The molecule has 0 aliphatic carbocycles. The molecule has 0 aliphatic rings. The molecule has 0 atom stereocenters. The van der Waals surface area contributed by atoms with E-state index in [2.05, 4.69) is 32.8 Å². The number of tetrazole rings is 1. The van der Waals surface area contributed by atoms with Crippen LogP contribution >= 0.6 is 22.6 Å². The van der Waals surface area contributed by atoms with Crippen LogP contribution in [0.3, 0.4) is 0 Å². The van der Waals surface area contributed by atoms with E-state index in [1.165, 1.54) is 21.7 Å². The number of para-hydroxylation sites is 2. The first-order chi connectivity index (χ1) is 14.5. The van der Waals surface area contributed by atoms with E-state index in [1.807, 2.05) is 42.5 Å². The highest BCUT2D eigenvalue weighted by molar-refractivity contribution is 14.1. The summed E-state index contributed by atoms with van der Waals surface area (Å²) in [4.78, 5) is 24.2. The molecule has 0 saturated carbocycles. The number of benzene rings is 3. The molecule has 0 aliphatic heterocycles. The highest BCUT2D eigenvalue weighted by Gasteiger charge is 2.35. The molecule has 148 valence electrons. The Hall–Kier alpha value is -3.74. The molecule has 0 bridgehead atoms. The van der Waals surface area contributed by atoms with Crippen LogP contribution in [0.4, 0.5) is 11.4 Å². The molecule has 0 radical (unpaired) electrons. The van der Waals surface area contributed by atoms with Crippen molar-refractivity contribution in [2.45, 2.75) is 0 Å². The topological polar surface area (TPSA) is 121 Å². The number of hydrogen-bond acceptors (Lipinski definition) is 6. The van der Waals surface area contributed by atoms with E-state index in [0.717, 1.165) is 9.64 Å². The molecule has 1 heterocycles. The summed E-state index contributed by atoms with van der Waals surface area (Å²) in [5.74, 6) is 0.316. The molecule has 30 heavy (non-hydrogen) atoms. The van der Waals surface area contributed by atoms with Crippen molar-refractivity contribution in [3.8, 4) is 22.8 Å². The van der Waals surface area contributed by atoms with Crippen molar-refractivity contribution in [1.29, 1.82) is 0 Å². The Kier molecular flexibility index (Phi) is 5.18. The number of nitro groups is 2. The molecule has 4 aromatic rings. The molecule has 0 N–H and O–H groups in total. The van der Waals surface area contributed by atoms with Gasteiger partial charge < -0.3 is 0 Å². The first kappa shape index (κ1) is 19.6. The van der Waals surface area contributed by atoms with Gasteiger partial charge in [0.1, 0.15) is 0 Å². The second kappa shape index (κ2) is 7.94. The van der Waals surface area contributed by atoms with E-state index in [0.29, 0.717) is 17.1 Å². The third-order valence-electron chi connectivity index (χ3n) is 4.25. The van der Waals surface area contributed by atoms with E-state index in [1.54, 1.807) is 12.1 Å². The summed E-state index contributed by atoms with van der Waals surface area (Å²) in [5, 5.41) is 32.1. The maximum Gasteiger partial charge on any atom is 0.377 e. The second-order valence-corrected chi connectivity index (χ2v) is 7.24. The highest BCUT2D eigenvalue weighted by atomic mass is 127. The summed E-state index contributed by atoms with van der Waals surface area (Å²) < 4.78 is 0.821. The normalized spacial score (nSPS) is 10.7. The van der Waals surface area contributed by atoms with Crippen LogP contribution in [-0.2, 0) is 0 Å². The van der Waals surface area contributed by atoms with Gasteiger partial charge in [-0.15, -0.1) is 0 Å². The minimum absolute atomic E-state index is 0.0662. The number of rotatable bonds is 5. The van der Waals surface area contributed by atoms with E-state index < -0.39 is 21.2 Å². The maximum atomic E-state index is 11.7. The monoisotopic (exact) mass is 515 g/mol. The average Bonchev–Trinajstić information content (AvgIpc) is 3.19. The van der Waals surface area contributed by atoms with Gasteiger partial charge in [-0.1, -0.05) is 36.4 Å². The molecular formula is C19H12IN6O4+. The smallest absolute Gasteiger partial charge is 0.258 e. The second-order valence-electron chi connectivity index (χ2n) is 6.08. The molecule has 0 amide bonds.